The molecule has 0 saturated heterocycles. The van der Waals surface area contributed by atoms with E-state index in [1.807, 2.05) is 40.1 Å². The van der Waals surface area contributed by atoms with Crippen LogP contribution in [0.5, 0.6) is 0 Å². The molecule has 92 valence electrons. The number of guanidine groups is 1. The highest BCUT2D eigenvalue weighted by atomic mass is 127. The van der Waals surface area contributed by atoms with E-state index >= 15 is 0 Å². The van der Waals surface area contributed by atoms with Gasteiger partial charge in [0.25, 0.3) is 0 Å². The number of nitrogens with two attached hydrogens (primary N) is 1. The Bertz CT molecular complexity index is 350. The van der Waals surface area contributed by atoms with Crippen molar-refractivity contribution in [2.24, 2.45) is 17.8 Å². The van der Waals surface area contributed by atoms with Gasteiger partial charge in [0, 0.05) is 18.8 Å². The van der Waals surface area contributed by atoms with Crippen LogP contribution in [0.2, 0.25) is 0 Å². The summed E-state index contributed by atoms with van der Waals surface area (Å²) in [6.45, 7) is 6.62. The van der Waals surface area contributed by atoms with E-state index in [4.69, 9.17) is 5.73 Å². The summed E-state index contributed by atoms with van der Waals surface area (Å²) in [4.78, 5) is 4.20. The number of aromatic nitrogens is 2. The van der Waals surface area contributed by atoms with Gasteiger partial charge < -0.3 is 11.1 Å². The van der Waals surface area contributed by atoms with Crippen molar-refractivity contribution in [2.45, 2.75) is 32.9 Å². The highest BCUT2D eigenvalue weighted by Crippen LogP contribution is 1.99. The van der Waals surface area contributed by atoms with Gasteiger partial charge in [0.05, 0.1) is 12.2 Å². The first-order chi connectivity index (χ1) is 6.87. The summed E-state index contributed by atoms with van der Waals surface area (Å²) in [6.07, 6.45) is 1.89. The summed E-state index contributed by atoms with van der Waals surface area (Å²) >= 11 is 0. The molecule has 0 unspecified atom stereocenters. The molecule has 5 nitrogen and oxygen atoms in total. The van der Waals surface area contributed by atoms with Crippen LogP contribution in [0.25, 0.3) is 0 Å². The van der Waals surface area contributed by atoms with Crippen LogP contribution in [-0.4, -0.2) is 21.3 Å². The molecule has 0 radical (unpaired) electrons. The van der Waals surface area contributed by atoms with Crippen LogP contribution < -0.4 is 11.1 Å². The highest BCUT2D eigenvalue weighted by molar-refractivity contribution is 14.0. The fourth-order valence-electron chi connectivity index (χ4n) is 1.14. The summed E-state index contributed by atoms with van der Waals surface area (Å²) < 4.78 is 1.75. The fraction of sp³-hybridized carbons (Fsp3) is 0.600. The van der Waals surface area contributed by atoms with Gasteiger partial charge in [-0.3, -0.25) is 4.68 Å². The number of aliphatic imine (C=N–C) groups is 1. The van der Waals surface area contributed by atoms with Crippen molar-refractivity contribution in [3.05, 3.63) is 18.0 Å². The van der Waals surface area contributed by atoms with E-state index in [1.165, 1.54) is 0 Å². The maximum Gasteiger partial charge on any atom is 0.189 e. The van der Waals surface area contributed by atoms with Gasteiger partial charge >= 0.3 is 0 Å². The molecule has 1 heterocycles. The standard InChI is InChI=1S/C10H19N5.HI/c1-10(2,3)13-9(11)12-7-8-5-6-15(4)14-8;/h5-6H,7H2,1-4H3,(H3,11,12,13);1H. The van der Waals surface area contributed by atoms with Gasteiger partial charge in [-0.15, -0.1) is 24.0 Å². The van der Waals surface area contributed by atoms with Crippen molar-refractivity contribution in [1.82, 2.24) is 15.1 Å². The van der Waals surface area contributed by atoms with E-state index in [-0.39, 0.29) is 29.5 Å². The van der Waals surface area contributed by atoms with Gasteiger partial charge in [0.1, 0.15) is 0 Å². The molecule has 0 saturated carbocycles. The molecular weight excluding hydrogens is 317 g/mol. The van der Waals surface area contributed by atoms with Crippen LogP contribution in [-0.2, 0) is 13.6 Å². The smallest absolute Gasteiger partial charge is 0.189 e. The molecule has 0 atom stereocenters. The molecule has 0 aliphatic rings. The molecule has 1 aromatic heterocycles. The maximum atomic E-state index is 5.72. The van der Waals surface area contributed by atoms with E-state index in [1.54, 1.807) is 4.68 Å². The van der Waals surface area contributed by atoms with E-state index < -0.39 is 0 Å². The predicted octanol–water partition coefficient (Wildman–Crippen LogP) is 1.24. The average molecular weight is 337 g/mol. The van der Waals surface area contributed by atoms with Crippen molar-refractivity contribution >= 4 is 29.9 Å². The van der Waals surface area contributed by atoms with Crippen molar-refractivity contribution < 1.29 is 0 Å². The summed E-state index contributed by atoms with van der Waals surface area (Å²) in [6, 6.07) is 1.92. The van der Waals surface area contributed by atoms with Crippen molar-refractivity contribution in [1.29, 1.82) is 0 Å². The van der Waals surface area contributed by atoms with E-state index in [2.05, 4.69) is 15.4 Å². The van der Waals surface area contributed by atoms with Crippen LogP contribution in [0, 0.1) is 0 Å². The second-order valence-corrected chi connectivity index (χ2v) is 4.56. The molecule has 0 amide bonds. The van der Waals surface area contributed by atoms with Gasteiger partial charge in [0.15, 0.2) is 5.96 Å². The van der Waals surface area contributed by atoms with E-state index in [0.717, 1.165) is 5.69 Å². The molecule has 0 aliphatic carbocycles. The molecule has 0 spiro atoms. The lowest BCUT2D eigenvalue weighted by molar-refractivity contribution is 0.508. The molecule has 1 rings (SSSR count). The average Bonchev–Trinajstić information content (AvgIpc) is 2.45. The number of aryl methyl sites for hydroxylation is 1. The van der Waals surface area contributed by atoms with Gasteiger partial charge in [-0.1, -0.05) is 0 Å². The fourth-order valence-corrected chi connectivity index (χ4v) is 1.14. The number of nitrogens with one attached hydrogen (secondary N) is 1. The third kappa shape index (κ3) is 5.94. The highest BCUT2D eigenvalue weighted by Gasteiger charge is 2.09. The van der Waals surface area contributed by atoms with E-state index in [0.29, 0.717) is 12.5 Å². The van der Waals surface area contributed by atoms with Crippen molar-refractivity contribution in [3.8, 4) is 0 Å². The monoisotopic (exact) mass is 337 g/mol. The summed E-state index contributed by atoms with van der Waals surface area (Å²) in [5.41, 5.74) is 6.57. The first-order valence-corrected chi connectivity index (χ1v) is 4.93. The van der Waals surface area contributed by atoms with Crippen molar-refractivity contribution in [2.75, 3.05) is 0 Å². The maximum absolute atomic E-state index is 5.72. The molecule has 0 bridgehead atoms. The third-order valence-electron chi connectivity index (χ3n) is 1.68. The van der Waals surface area contributed by atoms with Crippen LogP contribution in [0.4, 0.5) is 0 Å². The summed E-state index contributed by atoms with van der Waals surface area (Å²) in [5, 5.41) is 7.29. The molecule has 1 aromatic rings. The van der Waals surface area contributed by atoms with E-state index in [9.17, 15) is 0 Å². The largest absolute Gasteiger partial charge is 0.370 e. The predicted molar refractivity (Wildman–Crippen MR) is 76.8 cm³/mol. The van der Waals surface area contributed by atoms with Gasteiger partial charge in [-0.05, 0) is 26.8 Å². The Morgan fingerprint density at radius 3 is 2.62 bits per heavy atom. The Morgan fingerprint density at radius 2 is 2.19 bits per heavy atom. The third-order valence-corrected chi connectivity index (χ3v) is 1.68. The normalized spacial score (nSPS) is 12.1. The SMILES string of the molecule is Cn1ccc(CN=C(N)NC(C)(C)C)n1.I. The second-order valence-electron chi connectivity index (χ2n) is 4.56. The molecule has 3 N–H and O–H groups in total. The summed E-state index contributed by atoms with van der Waals surface area (Å²) in [7, 11) is 1.88. The van der Waals surface area contributed by atoms with Crippen LogP contribution in [0.1, 0.15) is 26.5 Å². The molecule has 0 aromatic carbocycles. The van der Waals surface area contributed by atoms with Crippen LogP contribution >= 0.6 is 24.0 Å². The second kappa shape index (κ2) is 6.07. The van der Waals surface area contributed by atoms with Gasteiger partial charge in [0.2, 0.25) is 0 Å². The first-order valence-electron chi connectivity index (χ1n) is 4.93. The van der Waals surface area contributed by atoms with Crippen LogP contribution in [0.15, 0.2) is 17.3 Å². The number of halogens is 1. The molecular formula is C10H20IN5. The van der Waals surface area contributed by atoms with Crippen molar-refractivity contribution in [3.63, 3.8) is 0 Å². The topological polar surface area (TPSA) is 68.2 Å². The first kappa shape index (κ1) is 15.2. The number of rotatable bonds is 2. The minimum Gasteiger partial charge on any atom is -0.370 e. The Kier molecular flexibility index (Phi) is 5.77. The van der Waals surface area contributed by atoms with Gasteiger partial charge in [-0.25, -0.2) is 4.99 Å². The summed E-state index contributed by atoms with van der Waals surface area (Å²) in [5.74, 6) is 0.452. The number of hydrogen-bond donors (Lipinski definition) is 2. The molecule has 6 heteroatoms. The molecule has 16 heavy (non-hydrogen) atoms. The lowest BCUT2D eigenvalue weighted by Crippen LogP contribution is -2.44. The van der Waals surface area contributed by atoms with Crippen LogP contribution in [0.3, 0.4) is 0 Å². The minimum atomic E-state index is -0.0578. The lowest BCUT2D eigenvalue weighted by Gasteiger charge is -2.20. The quantitative estimate of drug-likeness (QED) is 0.485. The zero-order valence-electron chi connectivity index (χ0n) is 10.2. The minimum absolute atomic E-state index is 0. The Hall–Kier alpha value is -0.790. The van der Waals surface area contributed by atoms with Gasteiger partial charge in [-0.2, -0.15) is 5.10 Å². The Labute approximate surface area is 114 Å². The number of hydrogen-bond acceptors (Lipinski definition) is 2. The molecule has 0 aliphatic heterocycles. The number of nitrogens with zero attached hydrogens (tertiary/aromatic N) is 3. The Morgan fingerprint density at radius 1 is 1.56 bits per heavy atom. The Balaban J connectivity index is 0.00000225. The lowest BCUT2D eigenvalue weighted by atomic mass is 10.1. The zero-order valence-corrected chi connectivity index (χ0v) is 12.5. The zero-order chi connectivity index (χ0) is 11.5. The molecule has 0 fully saturated rings.